The highest BCUT2D eigenvalue weighted by molar-refractivity contribution is 5.75. The van der Waals surface area contributed by atoms with Crippen LogP contribution in [-0.2, 0) is 16.0 Å². The van der Waals surface area contributed by atoms with Gasteiger partial charge in [0, 0.05) is 23.7 Å². The first-order valence-electron chi connectivity index (χ1n) is 14.5. The van der Waals surface area contributed by atoms with Crippen LogP contribution in [0.15, 0.2) is 48.1 Å². The van der Waals surface area contributed by atoms with Crippen LogP contribution in [-0.4, -0.2) is 40.6 Å². The first-order chi connectivity index (χ1) is 18.8. The number of nitrogens with two attached hydrogens (primary N) is 1. The molecule has 1 aliphatic heterocycles. The van der Waals surface area contributed by atoms with Crippen molar-refractivity contribution in [3.63, 3.8) is 0 Å². The Balaban J connectivity index is 1.99. The van der Waals surface area contributed by atoms with E-state index in [4.69, 9.17) is 15.2 Å². The first-order valence-corrected chi connectivity index (χ1v) is 14.5. The molecule has 0 aliphatic carbocycles. The van der Waals surface area contributed by atoms with Gasteiger partial charge in [-0.25, -0.2) is 4.79 Å². The molecule has 8 atom stereocenters. The van der Waals surface area contributed by atoms with E-state index >= 15 is 0 Å². The minimum atomic E-state index is -0.842. The van der Waals surface area contributed by atoms with Crippen molar-refractivity contribution in [2.75, 3.05) is 0 Å². The molecule has 0 spiro atoms. The van der Waals surface area contributed by atoms with Crippen molar-refractivity contribution in [3.05, 3.63) is 59.2 Å². The summed E-state index contributed by atoms with van der Waals surface area (Å²) < 4.78 is 10.8. The number of rotatable bonds is 14. The zero-order valence-corrected chi connectivity index (χ0v) is 25.2. The van der Waals surface area contributed by atoms with E-state index < -0.39 is 24.4 Å². The lowest BCUT2D eigenvalue weighted by molar-refractivity contribution is -0.135. The Morgan fingerprint density at radius 3 is 2.40 bits per heavy atom. The van der Waals surface area contributed by atoms with E-state index in [0.29, 0.717) is 25.0 Å². The second-order valence-corrected chi connectivity index (χ2v) is 11.6. The van der Waals surface area contributed by atoms with E-state index in [9.17, 15) is 19.8 Å². The summed E-state index contributed by atoms with van der Waals surface area (Å²) in [5.74, 6) is -0.284. The van der Waals surface area contributed by atoms with Crippen molar-refractivity contribution in [1.82, 2.24) is 0 Å². The largest absolute Gasteiger partial charge is 0.445 e. The molecular formula is C33H49NO6. The van der Waals surface area contributed by atoms with Crippen LogP contribution in [0.2, 0.25) is 0 Å². The van der Waals surface area contributed by atoms with Gasteiger partial charge >= 0.3 is 12.1 Å². The number of primary amides is 1. The van der Waals surface area contributed by atoms with Crippen LogP contribution in [0.25, 0.3) is 6.08 Å². The quantitative estimate of drug-likeness (QED) is 0.142. The highest BCUT2D eigenvalue weighted by atomic mass is 16.6. The van der Waals surface area contributed by atoms with Crippen molar-refractivity contribution in [2.24, 2.45) is 35.3 Å². The Morgan fingerprint density at radius 2 is 1.75 bits per heavy atom. The number of carbonyl (C=O) groups is 2. The summed E-state index contributed by atoms with van der Waals surface area (Å²) in [5.41, 5.74) is 8.35. The molecule has 2 unspecified atom stereocenters. The Labute approximate surface area is 240 Å². The SMILES string of the molecule is CC/C=C\C(C)[C@H](OC(N)=O)[C@@H](C)[C@H](O)[C@@H](C)C/C(C)=C\[C@H](C)[C@@H](O)C(C)/C=C\c1ccc2c(c1)OC(=O)CC2. The lowest BCUT2D eigenvalue weighted by Crippen LogP contribution is -2.41. The Morgan fingerprint density at radius 1 is 1.05 bits per heavy atom. The van der Waals surface area contributed by atoms with E-state index in [0.717, 1.165) is 23.1 Å². The fraction of sp³-hybridized carbons (Fsp3) is 0.576. The molecule has 1 heterocycles. The maximum Gasteiger partial charge on any atom is 0.404 e. The van der Waals surface area contributed by atoms with Crippen LogP contribution in [0, 0.1) is 29.6 Å². The van der Waals surface area contributed by atoms with Crippen molar-refractivity contribution >= 4 is 18.1 Å². The van der Waals surface area contributed by atoms with Crippen LogP contribution in [0.4, 0.5) is 4.79 Å². The second-order valence-electron chi connectivity index (χ2n) is 11.6. The molecule has 222 valence electrons. The summed E-state index contributed by atoms with van der Waals surface area (Å²) in [5, 5.41) is 22.1. The predicted octanol–water partition coefficient (Wildman–Crippen LogP) is 6.22. The molecule has 1 aromatic rings. The predicted molar refractivity (Wildman–Crippen MR) is 160 cm³/mol. The number of benzene rings is 1. The Kier molecular flexibility index (Phi) is 13.1. The van der Waals surface area contributed by atoms with Crippen molar-refractivity contribution < 1.29 is 29.3 Å². The van der Waals surface area contributed by atoms with Gasteiger partial charge in [-0.15, -0.1) is 0 Å². The monoisotopic (exact) mass is 555 g/mol. The number of aliphatic hydroxyl groups is 2. The number of hydrogen-bond donors (Lipinski definition) is 3. The number of aryl methyl sites for hydroxylation is 1. The summed E-state index contributed by atoms with van der Waals surface area (Å²) in [4.78, 5) is 23.1. The number of fused-ring (bicyclic) bond motifs is 1. The fourth-order valence-electron chi connectivity index (χ4n) is 5.49. The molecule has 1 aliphatic rings. The number of allylic oxidation sites excluding steroid dienone is 2. The van der Waals surface area contributed by atoms with Crippen LogP contribution >= 0.6 is 0 Å². The number of amides is 1. The molecule has 0 radical (unpaired) electrons. The zero-order chi connectivity index (χ0) is 30.0. The van der Waals surface area contributed by atoms with E-state index in [1.54, 1.807) is 0 Å². The smallest absolute Gasteiger partial charge is 0.404 e. The molecule has 4 N–H and O–H groups in total. The summed E-state index contributed by atoms with van der Waals surface area (Å²) >= 11 is 0. The molecule has 0 bridgehead atoms. The van der Waals surface area contributed by atoms with Gasteiger partial charge < -0.3 is 25.4 Å². The van der Waals surface area contributed by atoms with Crippen LogP contribution < -0.4 is 10.5 Å². The zero-order valence-electron chi connectivity index (χ0n) is 25.2. The third-order valence-electron chi connectivity index (χ3n) is 7.86. The summed E-state index contributed by atoms with van der Waals surface area (Å²) in [6.07, 6.45) is 9.93. The molecule has 7 heteroatoms. The third kappa shape index (κ3) is 9.93. The number of esters is 1. The number of aliphatic hydroxyl groups excluding tert-OH is 2. The Bertz CT molecular complexity index is 1080. The van der Waals surface area contributed by atoms with Gasteiger partial charge in [-0.1, -0.05) is 89.6 Å². The van der Waals surface area contributed by atoms with Gasteiger partial charge in [0.15, 0.2) is 0 Å². The van der Waals surface area contributed by atoms with Crippen LogP contribution in [0.1, 0.15) is 78.9 Å². The highest BCUT2D eigenvalue weighted by Crippen LogP contribution is 2.30. The fourth-order valence-corrected chi connectivity index (χ4v) is 5.49. The molecular weight excluding hydrogens is 506 g/mol. The molecule has 1 amide bonds. The van der Waals surface area contributed by atoms with Crippen LogP contribution in [0.5, 0.6) is 5.75 Å². The normalized spacial score (nSPS) is 20.2. The third-order valence-corrected chi connectivity index (χ3v) is 7.86. The standard InChI is InChI=1S/C33H49NO6/c1-8-9-10-22(4)32(40-33(34)38)25(7)31(37)24(6)18-20(2)17-23(5)30(36)21(3)11-12-26-13-14-27-15-16-29(35)39-28(27)19-26/h9-14,17,19,21-25,30-32,36-37H,8,15-16,18H2,1-7H3,(H2,34,38)/b10-9-,12-11-,20-17-/t21?,22?,23-,24-,25-,30-,31+,32-/m0/s1. The van der Waals surface area contributed by atoms with E-state index in [1.807, 2.05) is 91.0 Å². The van der Waals surface area contributed by atoms with Crippen LogP contribution in [0.3, 0.4) is 0 Å². The average molecular weight is 556 g/mol. The van der Waals surface area contributed by atoms with Gasteiger partial charge in [0.25, 0.3) is 0 Å². The minimum absolute atomic E-state index is 0.0815. The summed E-state index contributed by atoms with van der Waals surface area (Å²) in [6, 6.07) is 5.84. The second kappa shape index (κ2) is 15.8. The molecule has 0 saturated carbocycles. The molecule has 0 aromatic heterocycles. The Hall–Kier alpha value is -2.90. The molecule has 1 aromatic carbocycles. The van der Waals surface area contributed by atoms with Gasteiger partial charge in [0.2, 0.25) is 0 Å². The van der Waals surface area contributed by atoms with Gasteiger partial charge in [-0.05, 0) is 49.3 Å². The minimum Gasteiger partial charge on any atom is -0.445 e. The maximum atomic E-state index is 11.6. The van der Waals surface area contributed by atoms with Gasteiger partial charge in [0.05, 0.1) is 18.6 Å². The summed E-state index contributed by atoms with van der Waals surface area (Å²) in [7, 11) is 0. The number of ether oxygens (including phenoxy) is 2. The molecule has 2 rings (SSSR count). The summed E-state index contributed by atoms with van der Waals surface area (Å²) in [6.45, 7) is 13.8. The number of hydrogen-bond acceptors (Lipinski definition) is 6. The lowest BCUT2D eigenvalue weighted by Gasteiger charge is -2.33. The van der Waals surface area contributed by atoms with Crippen molar-refractivity contribution in [3.8, 4) is 5.75 Å². The molecule has 0 saturated heterocycles. The number of carbonyl (C=O) groups excluding carboxylic acids is 2. The highest BCUT2D eigenvalue weighted by Gasteiger charge is 2.33. The van der Waals surface area contributed by atoms with E-state index in [-0.39, 0.29) is 35.6 Å². The average Bonchev–Trinajstić information content (AvgIpc) is 2.91. The van der Waals surface area contributed by atoms with Crippen molar-refractivity contribution in [1.29, 1.82) is 0 Å². The van der Waals surface area contributed by atoms with Gasteiger partial charge in [-0.2, -0.15) is 0 Å². The van der Waals surface area contributed by atoms with Crippen molar-refractivity contribution in [2.45, 2.75) is 92.5 Å². The molecule has 40 heavy (non-hydrogen) atoms. The first kappa shape index (κ1) is 33.3. The maximum absolute atomic E-state index is 11.6. The van der Waals surface area contributed by atoms with Gasteiger partial charge in [0.1, 0.15) is 11.9 Å². The van der Waals surface area contributed by atoms with E-state index in [1.165, 1.54) is 0 Å². The van der Waals surface area contributed by atoms with Gasteiger partial charge in [-0.3, -0.25) is 4.79 Å². The molecule has 7 nitrogen and oxygen atoms in total. The lowest BCUT2D eigenvalue weighted by atomic mass is 9.81. The van der Waals surface area contributed by atoms with E-state index in [2.05, 4.69) is 6.08 Å². The topological polar surface area (TPSA) is 119 Å². The molecule has 0 fully saturated rings.